The summed E-state index contributed by atoms with van der Waals surface area (Å²) in [4.78, 5) is 6.86. The zero-order valence-corrected chi connectivity index (χ0v) is 15.3. The van der Waals surface area contributed by atoms with Gasteiger partial charge in [-0.25, -0.2) is 0 Å². The van der Waals surface area contributed by atoms with Crippen LogP contribution in [0.4, 0.5) is 0 Å². The van der Waals surface area contributed by atoms with Gasteiger partial charge in [0.1, 0.15) is 0 Å². The summed E-state index contributed by atoms with van der Waals surface area (Å²) in [7, 11) is 1.88. The lowest BCUT2D eigenvalue weighted by molar-refractivity contribution is 0.151. The summed E-state index contributed by atoms with van der Waals surface area (Å²) in [6.45, 7) is 6.78. The van der Waals surface area contributed by atoms with Gasteiger partial charge in [-0.1, -0.05) is 19.3 Å². The Balaban J connectivity index is 0.00000200. The third-order valence-corrected chi connectivity index (χ3v) is 4.60. The Hall–Kier alpha value is -0.0400. The molecule has 0 atom stereocenters. The quantitative estimate of drug-likeness (QED) is 0.344. The maximum absolute atomic E-state index is 5.36. The van der Waals surface area contributed by atoms with Crippen molar-refractivity contribution in [3.8, 4) is 0 Å². The number of nitrogens with zero attached hydrogens (tertiary/aromatic N) is 2. The molecule has 1 aliphatic carbocycles. The molecule has 2 aliphatic rings. The van der Waals surface area contributed by atoms with Gasteiger partial charge in [0.15, 0.2) is 5.96 Å². The van der Waals surface area contributed by atoms with Gasteiger partial charge in [0.25, 0.3) is 0 Å². The minimum atomic E-state index is 0. The van der Waals surface area contributed by atoms with Crippen molar-refractivity contribution in [3.63, 3.8) is 0 Å². The average Bonchev–Trinajstić information content (AvgIpc) is 2.83. The van der Waals surface area contributed by atoms with Gasteiger partial charge in [0.05, 0.1) is 6.61 Å². The van der Waals surface area contributed by atoms with Gasteiger partial charge in [-0.2, -0.15) is 0 Å². The number of likely N-dealkylation sites (tertiary alicyclic amines) is 1. The van der Waals surface area contributed by atoms with E-state index in [0.29, 0.717) is 5.41 Å². The molecule has 0 unspecified atom stereocenters. The molecule has 1 saturated heterocycles. The van der Waals surface area contributed by atoms with Crippen LogP contribution in [-0.2, 0) is 4.74 Å². The topological polar surface area (TPSA) is 36.9 Å². The summed E-state index contributed by atoms with van der Waals surface area (Å²) in [5, 5.41) is 3.42. The largest absolute Gasteiger partial charge is 0.380 e. The number of rotatable bonds is 4. The standard InChI is InChI=1S/C15H29N3O.HI/c1-3-19-12-10-17-14(16-2)18-11-9-15(13-18)7-5-4-6-8-15;/h3-13H2,1-2H3,(H,16,17);1H. The lowest BCUT2D eigenvalue weighted by Gasteiger charge is -2.33. The number of guanidine groups is 1. The van der Waals surface area contributed by atoms with Gasteiger partial charge >= 0.3 is 0 Å². The minimum absolute atomic E-state index is 0. The summed E-state index contributed by atoms with van der Waals surface area (Å²) in [6, 6.07) is 0. The highest BCUT2D eigenvalue weighted by molar-refractivity contribution is 14.0. The maximum Gasteiger partial charge on any atom is 0.193 e. The predicted molar refractivity (Wildman–Crippen MR) is 95.0 cm³/mol. The molecule has 2 rings (SSSR count). The van der Waals surface area contributed by atoms with Crippen molar-refractivity contribution in [2.75, 3.05) is 39.9 Å². The molecular weight excluding hydrogens is 365 g/mol. The molecule has 1 spiro atoms. The van der Waals surface area contributed by atoms with E-state index in [4.69, 9.17) is 4.74 Å². The molecule has 1 N–H and O–H groups in total. The lowest BCUT2D eigenvalue weighted by Crippen LogP contribution is -2.42. The van der Waals surface area contributed by atoms with Crippen LogP contribution in [0.2, 0.25) is 0 Å². The molecule has 0 radical (unpaired) electrons. The smallest absolute Gasteiger partial charge is 0.193 e. The molecule has 4 nitrogen and oxygen atoms in total. The first-order valence-electron chi connectivity index (χ1n) is 7.83. The third kappa shape index (κ3) is 4.76. The molecule has 0 aromatic carbocycles. The number of hydrogen-bond donors (Lipinski definition) is 1. The highest BCUT2D eigenvalue weighted by atomic mass is 127. The fourth-order valence-electron chi connectivity index (χ4n) is 3.54. The van der Waals surface area contributed by atoms with Crippen LogP contribution >= 0.6 is 24.0 Å². The summed E-state index contributed by atoms with van der Waals surface area (Å²) < 4.78 is 5.36. The van der Waals surface area contributed by atoms with Crippen LogP contribution in [0.25, 0.3) is 0 Å². The zero-order valence-electron chi connectivity index (χ0n) is 13.0. The van der Waals surface area contributed by atoms with Crippen LogP contribution in [0.1, 0.15) is 45.4 Å². The Bertz CT molecular complexity index is 303. The Morgan fingerprint density at radius 3 is 2.65 bits per heavy atom. The molecule has 1 saturated carbocycles. The molecule has 0 aromatic rings. The van der Waals surface area contributed by atoms with E-state index in [2.05, 4.69) is 15.2 Å². The van der Waals surface area contributed by atoms with Crippen molar-refractivity contribution < 1.29 is 4.74 Å². The van der Waals surface area contributed by atoms with E-state index in [1.807, 2.05) is 14.0 Å². The first-order chi connectivity index (χ1) is 9.29. The van der Waals surface area contributed by atoms with E-state index in [1.165, 1.54) is 45.1 Å². The normalized spacial score (nSPS) is 21.9. The molecule has 0 bridgehead atoms. The predicted octanol–water partition coefficient (Wildman–Crippen LogP) is 2.87. The average molecular weight is 395 g/mol. The molecule has 5 heteroatoms. The van der Waals surface area contributed by atoms with Gasteiger partial charge in [-0.05, 0) is 31.6 Å². The second kappa shape index (κ2) is 9.07. The first-order valence-corrected chi connectivity index (χ1v) is 7.83. The Kier molecular flexibility index (Phi) is 8.17. The Morgan fingerprint density at radius 2 is 2.00 bits per heavy atom. The highest BCUT2D eigenvalue weighted by Gasteiger charge is 2.39. The fraction of sp³-hybridized carbons (Fsp3) is 0.933. The summed E-state index contributed by atoms with van der Waals surface area (Å²) in [5.41, 5.74) is 0.593. The number of aliphatic imine (C=N–C) groups is 1. The maximum atomic E-state index is 5.36. The van der Waals surface area contributed by atoms with Gasteiger partial charge in [0.2, 0.25) is 0 Å². The van der Waals surface area contributed by atoms with E-state index in [9.17, 15) is 0 Å². The minimum Gasteiger partial charge on any atom is -0.380 e. The third-order valence-electron chi connectivity index (χ3n) is 4.60. The van der Waals surface area contributed by atoms with Crippen LogP contribution in [0, 0.1) is 5.41 Å². The number of nitrogens with one attached hydrogen (secondary N) is 1. The van der Waals surface area contributed by atoms with Crippen molar-refractivity contribution in [1.82, 2.24) is 10.2 Å². The Morgan fingerprint density at radius 1 is 1.25 bits per heavy atom. The van der Waals surface area contributed by atoms with Crippen molar-refractivity contribution in [2.24, 2.45) is 10.4 Å². The Labute approximate surface area is 140 Å². The van der Waals surface area contributed by atoms with E-state index >= 15 is 0 Å². The van der Waals surface area contributed by atoms with E-state index in [1.54, 1.807) is 0 Å². The first kappa shape index (κ1) is 18.0. The summed E-state index contributed by atoms with van der Waals surface area (Å²) in [5.74, 6) is 1.06. The molecule has 2 fully saturated rings. The van der Waals surface area contributed by atoms with E-state index < -0.39 is 0 Å². The van der Waals surface area contributed by atoms with Crippen LogP contribution < -0.4 is 5.32 Å². The second-order valence-electron chi connectivity index (χ2n) is 5.90. The van der Waals surface area contributed by atoms with E-state index in [0.717, 1.165) is 32.3 Å². The van der Waals surface area contributed by atoms with Crippen LogP contribution in [0.15, 0.2) is 4.99 Å². The molecule has 118 valence electrons. The SMILES string of the molecule is CCOCCNC(=NC)N1CCC2(CCCCC2)C1.I. The monoisotopic (exact) mass is 395 g/mol. The molecule has 20 heavy (non-hydrogen) atoms. The van der Waals surface area contributed by atoms with Crippen LogP contribution in [0.3, 0.4) is 0 Å². The number of hydrogen-bond acceptors (Lipinski definition) is 2. The fourth-order valence-corrected chi connectivity index (χ4v) is 3.54. The van der Waals surface area contributed by atoms with Crippen LogP contribution in [-0.4, -0.2) is 50.8 Å². The van der Waals surface area contributed by atoms with Gasteiger partial charge < -0.3 is 15.0 Å². The number of halogens is 1. The zero-order chi connectivity index (χ0) is 13.6. The lowest BCUT2D eigenvalue weighted by atomic mass is 9.73. The van der Waals surface area contributed by atoms with Gasteiger partial charge in [-0.3, -0.25) is 4.99 Å². The molecule has 1 aliphatic heterocycles. The van der Waals surface area contributed by atoms with Crippen molar-refractivity contribution >= 4 is 29.9 Å². The molecule has 0 aromatic heterocycles. The summed E-state index contributed by atoms with van der Waals surface area (Å²) in [6.07, 6.45) is 8.45. The highest BCUT2D eigenvalue weighted by Crippen LogP contribution is 2.43. The van der Waals surface area contributed by atoms with E-state index in [-0.39, 0.29) is 24.0 Å². The second-order valence-corrected chi connectivity index (χ2v) is 5.90. The molecule has 1 heterocycles. The number of ether oxygens (including phenoxy) is 1. The van der Waals surface area contributed by atoms with Crippen molar-refractivity contribution in [3.05, 3.63) is 0 Å². The van der Waals surface area contributed by atoms with Crippen molar-refractivity contribution in [2.45, 2.75) is 45.4 Å². The molecular formula is C15H30IN3O. The molecule has 0 amide bonds. The van der Waals surface area contributed by atoms with Crippen LogP contribution in [0.5, 0.6) is 0 Å². The van der Waals surface area contributed by atoms with Gasteiger partial charge in [-0.15, -0.1) is 24.0 Å². The van der Waals surface area contributed by atoms with Crippen molar-refractivity contribution in [1.29, 1.82) is 0 Å². The van der Waals surface area contributed by atoms with Gasteiger partial charge in [0, 0.05) is 33.3 Å². The summed E-state index contributed by atoms with van der Waals surface area (Å²) >= 11 is 0.